The van der Waals surface area contributed by atoms with Gasteiger partial charge in [-0.25, -0.2) is 4.98 Å². The molecule has 0 spiro atoms. The molecule has 1 N–H and O–H groups in total. The molecule has 2 aromatic rings. The summed E-state index contributed by atoms with van der Waals surface area (Å²) < 4.78 is 7.62. The standard InChI is InChI=1S/C12H18N4O/c1-4-13-8-12-14-7-11(17-12)10-6-9(3)15-16(10)5-2/h6-7,13H,4-5,8H2,1-3H3. The summed E-state index contributed by atoms with van der Waals surface area (Å²) in [7, 11) is 0. The van der Waals surface area contributed by atoms with Gasteiger partial charge in [-0.3, -0.25) is 4.68 Å². The van der Waals surface area contributed by atoms with Crippen molar-refractivity contribution in [3.8, 4) is 11.5 Å². The topological polar surface area (TPSA) is 55.9 Å². The Morgan fingerprint density at radius 3 is 2.94 bits per heavy atom. The van der Waals surface area contributed by atoms with Gasteiger partial charge in [0.05, 0.1) is 18.4 Å². The van der Waals surface area contributed by atoms with E-state index in [1.165, 1.54) is 0 Å². The van der Waals surface area contributed by atoms with Crippen LogP contribution in [-0.4, -0.2) is 21.3 Å². The van der Waals surface area contributed by atoms with Crippen molar-refractivity contribution in [2.45, 2.75) is 33.9 Å². The molecule has 2 aromatic heterocycles. The second-order valence-corrected chi connectivity index (χ2v) is 3.89. The molecule has 0 aliphatic carbocycles. The minimum absolute atomic E-state index is 0.662. The maximum Gasteiger partial charge on any atom is 0.208 e. The normalized spacial score (nSPS) is 11.0. The average Bonchev–Trinajstić information content (AvgIpc) is 2.92. The van der Waals surface area contributed by atoms with Gasteiger partial charge in [0, 0.05) is 6.54 Å². The monoisotopic (exact) mass is 234 g/mol. The third kappa shape index (κ3) is 2.55. The molecule has 0 aliphatic heterocycles. The van der Waals surface area contributed by atoms with Crippen LogP contribution in [0.3, 0.4) is 0 Å². The number of hydrogen-bond donors (Lipinski definition) is 1. The summed E-state index contributed by atoms with van der Waals surface area (Å²) in [5.41, 5.74) is 1.98. The van der Waals surface area contributed by atoms with Gasteiger partial charge in [0.1, 0.15) is 5.69 Å². The largest absolute Gasteiger partial charge is 0.438 e. The Bertz CT molecular complexity index is 486. The van der Waals surface area contributed by atoms with Crippen molar-refractivity contribution in [1.82, 2.24) is 20.1 Å². The molecule has 0 atom stereocenters. The fraction of sp³-hybridized carbons (Fsp3) is 0.500. The van der Waals surface area contributed by atoms with Gasteiger partial charge in [-0.05, 0) is 26.5 Å². The Morgan fingerprint density at radius 2 is 2.24 bits per heavy atom. The van der Waals surface area contributed by atoms with Gasteiger partial charge in [0.15, 0.2) is 5.76 Å². The first kappa shape index (κ1) is 11.9. The van der Waals surface area contributed by atoms with E-state index >= 15 is 0 Å². The minimum atomic E-state index is 0.662. The molecule has 0 bridgehead atoms. The van der Waals surface area contributed by atoms with Crippen molar-refractivity contribution < 1.29 is 4.42 Å². The van der Waals surface area contributed by atoms with E-state index in [1.807, 2.05) is 17.7 Å². The van der Waals surface area contributed by atoms with Crippen molar-refractivity contribution >= 4 is 0 Å². The molecule has 5 nitrogen and oxygen atoms in total. The Kier molecular flexibility index (Phi) is 3.58. The molecule has 0 saturated carbocycles. The van der Waals surface area contributed by atoms with Gasteiger partial charge < -0.3 is 9.73 Å². The summed E-state index contributed by atoms with van der Waals surface area (Å²) in [5.74, 6) is 1.49. The van der Waals surface area contributed by atoms with E-state index in [-0.39, 0.29) is 0 Å². The summed E-state index contributed by atoms with van der Waals surface area (Å²) in [4.78, 5) is 4.24. The quantitative estimate of drug-likeness (QED) is 0.859. The lowest BCUT2D eigenvalue weighted by Crippen LogP contribution is -2.11. The van der Waals surface area contributed by atoms with Crippen LogP contribution in [0.25, 0.3) is 11.5 Å². The molecule has 2 rings (SSSR count). The molecule has 0 unspecified atom stereocenters. The third-order valence-electron chi connectivity index (χ3n) is 2.53. The number of rotatable bonds is 5. The van der Waals surface area contributed by atoms with Crippen molar-refractivity contribution in [1.29, 1.82) is 0 Å². The minimum Gasteiger partial charge on any atom is -0.438 e. The maximum atomic E-state index is 5.69. The van der Waals surface area contributed by atoms with Crippen molar-refractivity contribution in [2.24, 2.45) is 0 Å². The van der Waals surface area contributed by atoms with Crippen LogP contribution in [0.2, 0.25) is 0 Å². The summed E-state index contributed by atoms with van der Waals surface area (Å²) >= 11 is 0. The molecule has 0 amide bonds. The Balaban J connectivity index is 2.23. The molecular formula is C12H18N4O. The predicted molar refractivity (Wildman–Crippen MR) is 65.5 cm³/mol. The maximum absolute atomic E-state index is 5.69. The molecule has 92 valence electrons. The molecule has 5 heteroatoms. The summed E-state index contributed by atoms with van der Waals surface area (Å²) in [6.45, 7) is 8.49. The van der Waals surface area contributed by atoms with Crippen LogP contribution in [0.1, 0.15) is 25.4 Å². The fourth-order valence-electron chi connectivity index (χ4n) is 1.73. The molecule has 0 radical (unpaired) electrons. The van der Waals surface area contributed by atoms with Crippen molar-refractivity contribution in [3.05, 3.63) is 23.8 Å². The smallest absolute Gasteiger partial charge is 0.208 e. The number of nitrogens with one attached hydrogen (secondary N) is 1. The van der Waals surface area contributed by atoms with Crippen LogP contribution < -0.4 is 5.32 Å². The second-order valence-electron chi connectivity index (χ2n) is 3.89. The highest BCUT2D eigenvalue weighted by atomic mass is 16.4. The van der Waals surface area contributed by atoms with Crippen LogP contribution >= 0.6 is 0 Å². The summed E-state index contributed by atoms with van der Waals surface area (Å²) in [6, 6.07) is 2.01. The van der Waals surface area contributed by atoms with Gasteiger partial charge in [0.25, 0.3) is 0 Å². The Hall–Kier alpha value is -1.62. The lowest BCUT2D eigenvalue weighted by molar-refractivity contribution is 0.477. The zero-order chi connectivity index (χ0) is 12.3. The molecular weight excluding hydrogens is 216 g/mol. The van der Waals surface area contributed by atoms with Gasteiger partial charge in [-0.1, -0.05) is 6.92 Å². The van der Waals surface area contributed by atoms with Crippen LogP contribution in [0.4, 0.5) is 0 Å². The van der Waals surface area contributed by atoms with Crippen LogP contribution in [0.15, 0.2) is 16.7 Å². The average molecular weight is 234 g/mol. The van der Waals surface area contributed by atoms with Gasteiger partial charge >= 0.3 is 0 Å². The third-order valence-corrected chi connectivity index (χ3v) is 2.53. The highest BCUT2D eigenvalue weighted by molar-refractivity contribution is 5.51. The lowest BCUT2D eigenvalue weighted by Gasteiger charge is -2.00. The second kappa shape index (κ2) is 5.14. The first-order valence-electron chi connectivity index (χ1n) is 5.94. The lowest BCUT2D eigenvalue weighted by atomic mass is 10.3. The van der Waals surface area contributed by atoms with E-state index < -0.39 is 0 Å². The van der Waals surface area contributed by atoms with Crippen molar-refractivity contribution in [2.75, 3.05) is 6.54 Å². The van der Waals surface area contributed by atoms with Gasteiger partial charge in [0.2, 0.25) is 5.89 Å². The van der Waals surface area contributed by atoms with E-state index in [2.05, 4.69) is 29.2 Å². The van der Waals surface area contributed by atoms with E-state index in [0.717, 1.165) is 30.2 Å². The number of aromatic nitrogens is 3. The summed E-state index contributed by atoms with van der Waals surface area (Å²) in [6.07, 6.45) is 1.76. The molecule has 0 saturated heterocycles. The Morgan fingerprint density at radius 1 is 1.41 bits per heavy atom. The molecule has 0 aliphatic rings. The zero-order valence-corrected chi connectivity index (χ0v) is 10.5. The summed E-state index contributed by atoms with van der Waals surface area (Å²) in [5, 5.41) is 7.57. The first-order chi connectivity index (χ1) is 8.24. The molecule has 0 aromatic carbocycles. The van der Waals surface area contributed by atoms with E-state index in [9.17, 15) is 0 Å². The Labute approximate surface area is 101 Å². The van der Waals surface area contributed by atoms with Crippen LogP contribution in [-0.2, 0) is 13.1 Å². The number of oxazole rings is 1. The van der Waals surface area contributed by atoms with E-state index in [0.29, 0.717) is 12.4 Å². The van der Waals surface area contributed by atoms with Crippen molar-refractivity contribution in [3.63, 3.8) is 0 Å². The molecule has 17 heavy (non-hydrogen) atoms. The number of hydrogen-bond acceptors (Lipinski definition) is 4. The first-order valence-corrected chi connectivity index (χ1v) is 5.94. The SMILES string of the molecule is CCNCc1ncc(-c2cc(C)nn2CC)o1. The number of nitrogens with zero attached hydrogens (tertiary/aromatic N) is 3. The highest BCUT2D eigenvalue weighted by Crippen LogP contribution is 2.21. The van der Waals surface area contributed by atoms with Gasteiger partial charge in [-0.2, -0.15) is 5.10 Å². The van der Waals surface area contributed by atoms with Crippen LogP contribution in [0.5, 0.6) is 0 Å². The predicted octanol–water partition coefficient (Wildman–Crippen LogP) is 1.98. The number of aryl methyl sites for hydroxylation is 2. The van der Waals surface area contributed by atoms with Crippen LogP contribution in [0, 0.1) is 6.92 Å². The molecule has 2 heterocycles. The van der Waals surface area contributed by atoms with Gasteiger partial charge in [-0.15, -0.1) is 0 Å². The van der Waals surface area contributed by atoms with E-state index in [4.69, 9.17) is 4.42 Å². The molecule has 0 fully saturated rings. The van der Waals surface area contributed by atoms with E-state index in [1.54, 1.807) is 6.20 Å². The fourth-order valence-corrected chi connectivity index (χ4v) is 1.73. The zero-order valence-electron chi connectivity index (χ0n) is 10.5. The highest BCUT2D eigenvalue weighted by Gasteiger charge is 2.11.